The number of carbonyl (C=O) groups excluding carboxylic acids is 1. The lowest BCUT2D eigenvalue weighted by atomic mass is 9.89. The number of urea groups is 1. The number of pyridine rings is 1. The molecule has 0 saturated carbocycles. The topological polar surface area (TPSA) is 63.2 Å². The molecular weight excluding hydrogens is 386 g/mol. The summed E-state index contributed by atoms with van der Waals surface area (Å²) in [7, 11) is 1.60. The lowest BCUT2D eigenvalue weighted by molar-refractivity contribution is 0.251. The van der Waals surface area contributed by atoms with Gasteiger partial charge in [-0.05, 0) is 55.7 Å². The molecule has 2 amide bonds. The molecule has 1 aromatic heterocycles. The van der Waals surface area contributed by atoms with Crippen LogP contribution < -0.4 is 15.4 Å². The molecule has 0 radical (unpaired) electrons. The zero-order chi connectivity index (χ0) is 22.2. The zero-order valence-electron chi connectivity index (χ0n) is 19.0. The van der Waals surface area contributed by atoms with E-state index < -0.39 is 0 Å². The minimum atomic E-state index is -0.236. The number of carbonyl (C=O) groups is 1. The van der Waals surface area contributed by atoms with Gasteiger partial charge in [0.25, 0.3) is 0 Å². The smallest absolute Gasteiger partial charge is 0.319 e. The number of ether oxygens (including phenoxy) is 1. The Hall–Kier alpha value is -3.08. The Kier molecular flexibility index (Phi) is 7.88. The monoisotopic (exact) mass is 419 g/mol. The highest BCUT2D eigenvalue weighted by Crippen LogP contribution is 2.32. The summed E-state index contributed by atoms with van der Waals surface area (Å²) in [5.74, 6) is 0.901. The van der Waals surface area contributed by atoms with Gasteiger partial charge in [-0.15, -0.1) is 0 Å². The summed E-state index contributed by atoms with van der Waals surface area (Å²) in [4.78, 5) is 17.2. The number of fused-ring (bicyclic) bond motifs is 1. The van der Waals surface area contributed by atoms with E-state index in [4.69, 9.17) is 4.74 Å². The molecule has 5 heteroatoms. The van der Waals surface area contributed by atoms with E-state index in [2.05, 4.69) is 54.6 Å². The molecule has 164 valence electrons. The molecular formula is C26H33N3O2. The van der Waals surface area contributed by atoms with Gasteiger partial charge in [0.05, 0.1) is 18.3 Å². The van der Waals surface area contributed by atoms with Crippen molar-refractivity contribution in [3.8, 4) is 5.75 Å². The van der Waals surface area contributed by atoms with Crippen molar-refractivity contribution in [2.24, 2.45) is 0 Å². The highest BCUT2D eigenvalue weighted by Gasteiger charge is 2.17. The van der Waals surface area contributed by atoms with Crippen LogP contribution in [0.2, 0.25) is 0 Å². The van der Waals surface area contributed by atoms with Crippen LogP contribution in [0, 0.1) is 13.8 Å². The maximum atomic E-state index is 12.8. The Balaban J connectivity index is 1.74. The van der Waals surface area contributed by atoms with Crippen LogP contribution in [0.5, 0.6) is 5.75 Å². The van der Waals surface area contributed by atoms with Crippen molar-refractivity contribution in [2.75, 3.05) is 19.0 Å². The Morgan fingerprint density at radius 3 is 2.71 bits per heavy atom. The van der Waals surface area contributed by atoms with Crippen LogP contribution in [0.4, 0.5) is 10.5 Å². The largest absolute Gasteiger partial charge is 0.495 e. The second kappa shape index (κ2) is 10.8. The third kappa shape index (κ3) is 5.75. The van der Waals surface area contributed by atoms with Crippen molar-refractivity contribution in [2.45, 2.75) is 52.4 Å². The fourth-order valence-corrected chi connectivity index (χ4v) is 4.10. The highest BCUT2D eigenvalue weighted by molar-refractivity contribution is 6.03. The maximum absolute atomic E-state index is 12.8. The average molecular weight is 420 g/mol. The molecule has 1 heterocycles. The van der Waals surface area contributed by atoms with Gasteiger partial charge in [-0.3, -0.25) is 4.98 Å². The molecule has 2 aromatic carbocycles. The van der Waals surface area contributed by atoms with E-state index >= 15 is 0 Å². The molecule has 0 fully saturated rings. The molecule has 3 aromatic rings. The number of anilines is 1. The molecule has 0 aliphatic rings. The molecule has 0 aliphatic carbocycles. The van der Waals surface area contributed by atoms with Crippen molar-refractivity contribution >= 4 is 22.6 Å². The van der Waals surface area contributed by atoms with E-state index in [9.17, 15) is 4.79 Å². The molecule has 0 saturated heterocycles. The van der Waals surface area contributed by atoms with Gasteiger partial charge in [0.2, 0.25) is 0 Å². The van der Waals surface area contributed by atoms with Crippen LogP contribution in [0.1, 0.15) is 55.2 Å². The van der Waals surface area contributed by atoms with Crippen molar-refractivity contribution in [1.29, 1.82) is 0 Å². The van der Waals surface area contributed by atoms with Crippen LogP contribution in [0.15, 0.2) is 48.7 Å². The Morgan fingerprint density at radius 2 is 1.97 bits per heavy atom. The summed E-state index contributed by atoms with van der Waals surface area (Å²) in [6.45, 7) is 7.07. The van der Waals surface area contributed by atoms with Gasteiger partial charge in [0, 0.05) is 24.0 Å². The quantitative estimate of drug-likeness (QED) is 0.397. The number of nitrogens with one attached hydrogen (secondary N) is 2. The number of rotatable bonds is 9. The average Bonchev–Trinajstić information content (AvgIpc) is 2.77. The fraction of sp³-hybridized carbons (Fsp3) is 0.385. The first-order chi connectivity index (χ1) is 15.0. The number of aryl methyl sites for hydroxylation is 2. The van der Waals surface area contributed by atoms with Gasteiger partial charge in [-0.25, -0.2) is 4.79 Å². The number of unbranched alkanes of at least 4 members (excludes halogenated alkanes) is 2. The van der Waals surface area contributed by atoms with Gasteiger partial charge in [-0.1, -0.05) is 49.9 Å². The summed E-state index contributed by atoms with van der Waals surface area (Å²) in [6, 6.07) is 13.9. The van der Waals surface area contributed by atoms with E-state index in [0.29, 0.717) is 18.0 Å². The summed E-state index contributed by atoms with van der Waals surface area (Å²) in [5.41, 5.74) is 5.31. The molecule has 31 heavy (non-hydrogen) atoms. The molecule has 3 rings (SSSR count). The predicted molar refractivity (Wildman–Crippen MR) is 128 cm³/mol. The second-order valence-corrected chi connectivity index (χ2v) is 8.10. The van der Waals surface area contributed by atoms with Crippen molar-refractivity contribution in [3.05, 3.63) is 65.4 Å². The fourth-order valence-electron chi connectivity index (χ4n) is 4.10. The van der Waals surface area contributed by atoms with Crippen LogP contribution in [-0.4, -0.2) is 24.7 Å². The van der Waals surface area contributed by atoms with Gasteiger partial charge < -0.3 is 15.4 Å². The minimum Gasteiger partial charge on any atom is -0.495 e. The van der Waals surface area contributed by atoms with Crippen LogP contribution in [0.25, 0.3) is 10.9 Å². The first kappa shape index (κ1) is 22.6. The van der Waals surface area contributed by atoms with Crippen molar-refractivity contribution < 1.29 is 9.53 Å². The predicted octanol–water partition coefficient (Wildman–Crippen LogP) is 6.35. The Labute approximate surface area is 185 Å². The van der Waals surface area contributed by atoms with Crippen molar-refractivity contribution in [3.63, 3.8) is 0 Å². The molecule has 0 spiro atoms. The number of methoxy groups -OCH3 is 1. The zero-order valence-corrected chi connectivity index (χ0v) is 19.0. The number of nitrogens with zero attached hydrogens (tertiary/aromatic N) is 1. The molecule has 2 N–H and O–H groups in total. The standard InChI is InChI=1S/C26H33N3O2/c1-5-6-7-9-20(21-12-11-18(2)16-19(21)3)17-28-26(30)29-25-22-10-8-15-27-23(22)13-14-24(25)31-4/h8,10-16,20H,5-7,9,17H2,1-4H3,(H2,28,29,30). The Morgan fingerprint density at radius 1 is 1.13 bits per heavy atom. The number of aromatic nitrogens is 1. The number of amides is 2. The number of benzene rings is 2. The van der Waals surface area contributed by atoms with Crippen molar-refractivity contribution in [1.82, 2.24) is 10.3 Å². The third-order valence-corrected chi connectivity index (χ3v) is 5.74. The van der Waals surface area contributed by atoms with Gasteiger partial charge in [0.1, 0.15) is 5.75 Å². The SMILES string of the molecule is CCCCCC(CNC(=O)Nc1c(OC)ccc2ncccc12)c1ccc(C)cc1C. The first-order valence-electron chi connectivity index (χ1n) is 11.1. The van der Waals surface area contributed by atoms with E-state index in [-0.39, 0.29) is 11.9 Å². The number of hydrogen-bond donors (Lipinski definition) is 2. The Bertz CT molecular complexity index is 1030. The maximum Gasteiger partial charge on any atom is 0.319 e. The van der Waals surface area contributed by atoms with E-state index in [1.165, 1.54) is 29.5 Å². The summed E-state index contributed by atoms with van der Waals surface area (Å²) in [6.07, 6.45) is 6.33. The molecule has 5 nitrogen and oxygen atoms in total. The van der Waals surface area contributed by atoms with Gasteiger partial charge >= 0.3 is 6.03 Å². The lowest BCUT2D eigenvalue weighted by Gasteiger charge is -2.21. The lowest BCUT2D eigenvalue weighted by Crippen LogP contribution is -2.32. The van der Waals surface area contributed by atoms with Crippen LogP contribution in [0.3, 0.4) is 0 Å². The molecule has 0 bridgehead atoms. The van der Waals surface area contributed by atoms with Gasteiger partial charge in [0.15, 0.2) is 0 Å². The summed E-state index contributed by atoms with van der Waals surface area (Å²) < 4.78 is 5.47. The third-order valence-electron chi connectivity index (χ3n) is 5.74. The van der Waals surface area contributed by atoms with E-state index in [1.807, 2.05) is 24.3 Å². The first-order valence-corrected chi connectivity index (χ1v) is 11.1. The van der Waals surface area contributed by atoms with Crippen LogP contribution in [-0.2, 0) is 0 Å². The highest BCUT2D eigenvalue weighted by atomic mass is 16.5. The van der Waals surface area contributed by atoms with E-state index in [1.54, 1.807) is 13.3 Å². The molecule has 0 aliphatic heterocycles. The number of hydrogen-bond acceptors (Lipinski definition) is 3. The second-order valence-electron chi connectivity index (χ2n) is 8.10. The molecule has 1 atom stereocenters. The molecule has 1 unspecified atom stereocenters. The summed E-state index contributed by atoms with van der Waals surface area (Å²) >= 11 is 0. The van der Waals surface area contributed by atoms with Crippen LogP contribution >= 0.6 is 0 Å². The van der Waals surface area contributed by atoms with Gasteiger partial charge in [-0.2, -0.15) is 0 Å². The van der Waals surface area contributed by atoms with E-state index in [0.717, 1.165) is 23.7 Å². The summed E-state index contributed by atoms with van der Waals surface area (Å²) in [5, 5.41) is 6.93. The normalized spacial score (nSPS) is 11.9. The minimum absolute atomic E-state index is 0.236.